The Labute approximate surface area is 141 Å². The van der Waals surface area contributed by atoms with E-state index in [0.717, 1.165) is 21.9 Å². The monoisotopic (exact) mass is 320 g/mol. The summed E-state index contributed by atoms with van der Waals surface area (Å²) >= 11 is 0. The van der Waals surface area contributed by atoms with Crippen LogP contribution in [-0.2, 0) is 6.54 Å². The van der Waals surface area contributed by atoms with Crippen molar-refractivity contribution in [3.63, 3.8) is 0 Å². The molecule has 24 heavy (non-hydrogen) atoms. The largest absolute Gasteiger partial charge is 0.387 e. The summed E-state index contributed by atoms with van der Waals surface area (Å²) in [5.74, 6) is 0. The molecule has 0 heterocycles. The molecule has 0 spiro atoms. The zero-order chi connectivity index (χ0) is 16.8. The number of fused-ring (bicyclic) bond motifs is 1. The standard InChI is InChI=1S/C20H20N2O2/c23-19(18-12-6-10-16-9-4-5-11-17(16)18)14-22-20(24)21-13-15-7-2-1-3-8-15/h1-12,19,23H,13-14H2,(H2,21,22,24)/t19-/m1/s1. The number of benzene rings is 3. The van der Waals surface area contributed by atoms with Crippen molar-refractivity contribution in [1.82, 2.24) is 10.6 Å². The van der Waals surface area contributed by atoms with Crippen molar-refractivity contribution < 1.29 is 9.90 Å². The Morgan fingerprint density at radius 1 is 0.875 bits per heavy atom. The summed E-state index contributed by atoms with van der Waals surface area (Å²) in [4.78, 5) is 11.9. The van der Waals surface area contributed by atoms with Crippen molar-refractivity contribution in [2.75, 3.05) is 6.54 Å². The SMILES string of the molecule is O=C(NCc1ccccc1)NC[C@@H](O)c1cccc2ccccc12. The summed E-state index contributed by atoms with van der Waals surface area (Å²) in [5.41, 5.74) is 1.85. The Bertz CT molecular complexity index is 813. The minimum atomic E-state index is -0.751. The molecule has 0 radical (unpaired) electrons. The number of carbonyl (C=O) groups is 1. The van der Waals surface area contributed by atoms with Gasteiger partial charge in [0.05, 0.1) is 6.10 Å². The maximum Gasteiger partial charge on any atom is 0.315 e. The molecule has 3 aromatic carbocycles. The van der Waals surface area contributed by atoms with Crippen LogP contribution in [0.5, 0.6) is 0 Å². The maximum absolute atomic E-state index is 11.9. The number of amides is 2. The molecule has 0 aliphatic carbocycles. The predicted octanol–water partition coefficient (Wildman–Crippen LogP) is 3.37. The second-order valence-electron chi connectivity index (χ2n) is 5.63. The number of aliphatic hydroxyl groups is 1. The molecule has 4 nitrogen and oxygen atoms in total. The van der Waals surface area contributed by atoms with Gasteiger partial charge in [-0.05, 0) is 21.9 Å². The maximum atomic E-state index is 11.9. The summed E-state index contributed by atoms with van der Waals surface area (Å²) in [6, 6.07) is 23.1. The van der Waals surface area contributed by atoms with Crippen LogP contribution in [0.2, 0.25) is 0 Å². The Hall–Kier alpha value is -2.85. The highest BCUT2D eigenvalue weighted by Gasteiger charge is 2.12. The third kappa shape index (κ3) is 3.91. The van der Waals surface area contributed by atoms with Gasteiger partial charge in [0.15, 0.2) is 0 Å². The molecule has 1 atom stereocenters. The van der Waals surface area contributed by atoms with Crippen molar-refractivity contribution in [2.45, 2.75) is 12.6 Å². The molecule has 0 unspecified atom stereocenters. The first kappa shape index (κ1) is 16.0. The van der Waals surface area contributed by atoms with E-state index >= 15 is 0 Å². The molecule has 0 aromatic heterocycles. The lowest BCUT2D eigenvalue weighted by Crippen LogP contribution is -2.37. The second kappa shape index (κ2) is 7.62. The molecule has 0 fully saturated rings. The van der Waals surface area contributed by atoms with Crippen molar-refractivity contribution >= 4 is 16.8 Å². The van der Waals surface area contributed by atoms with Gasteiger partial charge >= 0.3 is 6.03 Å². The normalized spacial score (nSPS) is 11.9. The lowest BCUT2D eigenvalue weighted by atomic mass is 10.0. The van der Waals surface area contributed by atoms with E-state index in [2.05, 4.69) is 10.6 Å². The lowest BCUT2D eigenvalue weighted by Gasteiger charge is -2.15. The highest BCUT2D eigenvalue weighted by molar-refractivity contribution is 5.86. The quantitative estimate of drug-likeness (QED) is 0.675. The fourth-order valence-corrected chi connectivity index (χ4v) is 2.68. The summed E-state index contributed by atoms with van der Waals surface area (Å²) in [6.07, 6.45) is -0.751. The molecule has 0 saturated carbocycles. The molecule has 3 rings (SSSR count). The van der Waals surface area contributed by atoms with Crippen LogP contribution in [0.3, 0.4) is 0 Å². The van der Waals surface area contributed by atoms with Gasteiger partial charge in [0, 0.05) is 13.1 Å². The van der Waals surface area contributed by atoms with Gasteiger partial charge < -0.3 is 15.7 Å². The van der Waals surface area contributed by atoms with Crippen LogP contribution in [0, 0.1) is 0 Å². The predicted molar refractivity (Wildman–Crippen MR) is 95.6 cm³/mol. The molecule has 0 aliphatic heterocycles. The Morgan fingerprint density at radius 2 is 1.58 bits per heavy atom. The first-order valence-electron chi connectivity index (χ1n) is 7.95. The van der Waals surface area contributed by atoms with Gasteiger partial charge in [-0.25, -0.2) is 4.79 Å². The third-order valence-electron chi connectivity index (χ3n) is 3.93. The van der Waals surface area contributed by atoms with Crippen LogP contribution in [-0.4, -0.2) is 17.7 Å². The van der Waals surface area contributed by atoms with E-state index in [-0.39, 0.29) is 12.6 Å². The van der Waals surface area contributed by atoms with Crippen LogP contribution in [0.4, 0.5) is 4.79 Å². The van der Waals surface area contributed by atoms with E-state index in [4.69, 9.17) is 0 Å². The summed E-state index contributed by atoms with van der Waals surface area (Å²) in [6.45, 7) is 0.617. The molecule has 4 heteroatoms. The summed E-state index contributed by atoms with van der Waals surface area (Å²) < 4.78 is 0. The summed E-state index contributed by atoms with van der Waals surface area (Å²) in [5, 5.41) is 18.0. The lowest BCUT2D eigenvalue weighted by molar-refractivity contribution is 0.174. The Balaban J connectivity index is 1.56. The number of aliphatic hydroxyl groups excluding tert-OH is 1. The second-order valence-corrected chi connectivity index (χ2v) is 5.63. The van der Waals surface area contributed by atoms with E-state index in [1.807, 2.05) is 72.8 Å². The number of urea groups is 1. The van der Waals surface area contributed by atoms with E-state index in [1.165, 1.54) is 0 Å². The van der Waals surface area contributed by atoms with E-state index in [1.54, 1.807) is 0 Å². The van der Waals surface area contributed by atoms with Crippen molar-refractivity contribution in [1.29, 1.82) is 0 Å². The molecular formula is C20H20N2O2. The molecule has 0 saturated heterocycles. The first-order chi connectivity index (χ1) is 11.7. The summed E-state index contributed by atoms with van der Waals surface area (Å²) in [7, 11) is 0. The first-order valence-corrected chi connectivity index (χ1v) is 7.95. The Morgan fingerprint density at radius 3 is 2.42 bits per heavy atom. The molecule has 122 valence electrons. The van der Waals surface area contributed by atoms with Gasteiger partial charge in [0.1, 0.15) is 0 Å². The van der Waals surface area contributed by atoms with Crippen LogP contribution in [0.15, 0.2) is 72.8 Å². The molecule has 0 bridgehead atoms. The number of nitrogens with one attached hydrogen (secondary N) is 2. The van der Waals surface area contributed by atoms with Gasteiger partial charge in [0.25, 0.3) is 0 Å². The highest BCUT2D eigenvalue weighted by atomic mass is 16.3. The van der Waals surface area contributed by atoms with Gasteiger partial charge in [-0.1, -0.05) is 72.8 Å². The smallest absolute Gasteiger partial charge is 0.315 e. The van der Waals surface area contributed by atoms with Crippen molar-refractivity contribution in [3.8, 4) is 0 Å². The minimum Gasteiger partial charge on any atom is -0.387 e. The van der Waals surface area contributed by atoms with E-state index < -0.39 is 6.10 Å². The van der Waals surface area contributed by atoms with Crippen LogP contribution >= 0.6 is 0 Å². The molecule has 3 N–H and O–H groups in total. The fourth-order valence-electron chi connectivity index (χ4n) is 2.68. The Kier molecular flexibility index (Phi) is 5.08. The topological polar surface area (TPSA) is 61.4 Å². The van der Waals surface area contributed by atoms with Gasteiger partial charge in [0.2, 0.25) is 0 Å². The average Bonchev–Trinajstić information content (AvgIpc) is 2.64. The average molecular weight is 320 g/mol. The number of hydrogen-bond donors (Lipinski definition) is 3. The zero-order valence-corrected chi connectivity index (χ0v) is 13.3. The van der Waals surface area contributed by atoms with Gasteiger partial charge in [-0.2, -0.15) is 0 Å². The van der Waals surface area contributed by atoms with Crippen LogP contribution < -0.4 is 10.6 Å². The van der Waals surface area contributed by atoms with E-state index in [9.17, 15) is 9.90 Å². The minimum absolute atomic E-state index is 0.161. The molecule has 3 aromatic rings. The zero-order valence-electron chi connectivity index (χ0n) is 13.3. The molecule has 2 amide bonds. The highest BCUT2D eigenvalue weighted by Crippen LogP contribution is 2.23. The van der Waals surface area contributed by atoms with E-state index in [0.29, 0.717) is 6.54 Å². The van der Waals surface area contributed by atoms with Crippen molar-refractivity contribution in [3.05, 3.63) is 83.9 Å². The molecular weight excluding hydrogens is 300 g/mol. The number of carbonyl (C=O) groups excluding carboxylic acids is 1. The number of hydrogen-bond acceptors (Lipinski definition) is 2. The molecule has 0 aliphatic rings. The van der Waals surface area contributed by atoms with Crippen molar-refractivity contribution in [2.24, 2.45) is 0 Å². The van der Waals surface area contributed by atoms with Gasteiger partial charge in [-0.15, -0.1) is 0 Å². The van der Waals surface area contributed by atoms with Gasteiger partial charge in [-0.3, -0.25) is 0 Å². The van der Waals surface area contributed by atoms with Crippen LogP contribution in [0.1, 0.15) is 17.2 Å². The van der Waals surface area contributed by atoms with Crippen LogP contribution in [0.25, 0.3) is 10.8 Å². The number of rotatable bonds is 5. The fraction of sp³-hybridized carbons (Fsp3) is 0.150. The third-order valence-corrected chi connectivity index (χ3v) is 3.93.